The molecule has 92 valence electrons. The molecular weight excluding hydrogens is 238 g/mol. The number of anilines is 1. The molecule has 6 heteroatoms. The van der Waals surface area contributed by atoms with Gasteiger partial charge in [-0.25, -0.2) is 9.78 Å². The molecule has 5 nitrogen and oxygen atoms in total. The zero-order chi connectivity index (χ0) is 11.8. The normalized spacial score (nSPS) is 25.1. The van der Waals surface area contributed by atoms with Gasteiger partial charge >= 0.3 is 5.97 Å². The minimum Gasteiger partial charge on any atom is -0.477 e. The van der Waals surface area contributed by atoms with Crippen LogP contribution in [0.5, 0.6) is 0 Å². The van der Waals surface area contributed by atoms with Gasteiger partial charge in [0, 0.05) is 25.2 Å². The molecule has 1 saturated heterocycles. The minimum absolute atomic E-state index is 0.296. The SMILES string of the molecule is O=C(O)c1cnc(NC2CCN(C3CC3)C2)s1. The van der Waals surface area contributed by atoms with Crippen LogP contribution in [0.25, 0.3) is 0 Å². The minimum atomic E-state index is -0.901. The van der Waals surface area contributed by atoms with Gasteiger partial charge in [-0.1, -0.05) is 11.3 Å². The van der Waals surface area contributed by atoms with Crippen molar-refractivity contribution >= 4 is 22.4 Å². The Morgan fingerprint density at radius 1 is 1.53 bits per heavy atom. The lowest BCUT2D eigenvalue weighted by Crippen LogP contribution is -2.27. The van der Waals surface area contributed by atoms with Crippen LogP contribution in [-0.4, -0.2) is 46.1 Å². The van der Waals surface area contributed by atoms with Crippen LogP contribution in [0.2, 0.25) is 0 Å². The molecule has 2 heterocycles. The van der Waals surface area contributed by atoms with E-state index in [1.807, 2.05) is 0 Å². The number of rotatable bonds is 4. The van der Waals surface area contributed by atoms with E-state index in [1.165, 1.54) is 30.4 Å². The molecule has 1 unspecified atom stereocenters. The summed E-state index contributed by atoms with van der Waals surface area (Å²) in [6, 6.07) is 1.23. The van der Waals surface area contributed by atoms with Crippen molar-refractivity contribution in [3.8, 4) is 0 Å². The van der Waals surface area contributed by atoms with Crippen LogP contribution in [-0.2, 0) is 0 Å². The maximum atomic E-state index is 10.7. The Bertz CT molecular complexity index is 430. The van der Waals surface area contributed by atoms with Gasteiger partial charge in [0.15, 0.2) is 5.13 Å². The summed E-state index contributed by atoms with van der Waals surface area (Å²) in [6.07, 6.45) is 5.22. The lowest BCUT2D eigenvalue weighted by atomic mass is 10.3. The number of carboxylic acid groups (broad SMARTS) is 1. The van der Waals surface area contributed by atoms with E-state index >= 15 is 0 Å². The zero-order valence-corrected chi connectivity index (χ0v) is 10.2. The second-order valence-electron chi connectivity index (χ2n) is 4.69. The molecule has 1 aromatic heterocycles. The number of likely N-dealkylation sites (tertiary alicyclic amines) is 1. The summed E-state index contributed by atoms with van der Waals surface area (Å²) in [5.41, 5.74) is 0. The highest BCUT2D eigenvalue weighted by atomic mass is 32.1. The molecule has 0 spiro atoms. The van der Waals surface area contributed by atoms with E-state index in [9.17, 15) is 4.79 Å². The first kappa shape index (κ1) is 11.0. The van der Waals surface area contributed by atoms with Crippen molar-refractivity contribution in [1.29, 1.82) is 0 Å². The zero-order valence-electron chi connectivity index (χ0n) is 9.43. The van der Waals surface area contributed by atoms with Crippen LogP contribution in [0.15, 0.2) is 6.20 Å². The third kappa shape index (κ3) is 2.42. The Morgan fingerprint density at radius 3 is 3.00 bits per heavy atom. The van der Waals surface area contributed by atoms with Crippen molar-refractivity contribution in [2.45, 2.75) is 31.3 Å². The molecule has 1 aliphatic heterocycles. The van der Waals surface area contributed by atoms with Crippen molar-refractivity contribution in [2.75, 3.05) is 18.4 Å². The van der Waals surface area contributed by atoms with Crippen molar-refractivity contribution in [2.24, 2.45) is 0 Å². The number of carbonyl (C=O) groups is 1. The van der Waals surface area contributed by atoms with Gasteiger partial charge in [-0.05, 0) is 19.3 Å². The average molecular weight is 253 g/mol. The number of nitrogens with one attached hydrogen (secondary N) is 1. The number of thiazole rings is 1. The van der Waals surface area contributed by atoms with E-state index < -0.39 is 5.97 Å². The molecule has 1 atom stereocenters. The summed E-state index contributed by atoms with van der Waals surface area (Å²) in [5, 5.41) is 12.9. The summed E-state index contributed by atoms with van der Waals surface area (Å²) in [4.78, 5) is 17.6. The number of hydrogen-bond acceptors (Lipinski definition) is 5. The fraction of sp³-hybridized carbons (Fsp3) is 0.636. The summed E-state index contributed by atoms with van der Waals surface area (Å²) in [5.74, 6) is -0.901. The third-order valence-corrected chi connectivity index (χ3v) is 4.24. The highest BCUT2D eigenvalue weighted by Crippen LogP contribution is 2.31. The molecule has 0 amide bonds. The molecular formula is C11H15N3O2S. The highest BCUT2D eigenvalue weighted by Gasteiger charge is 2.34. The van der Waals surface area contributed by atoms with Crippen LogP contribution < -0.4 is 5.32 Å². The van der Waals surface area contributed by atoms with E-state index in [4.69, 9.17) is 5.11 Å². The summed E-state index contributed by atoms with van der Waals surface area (Å²) in [6.45, 7) is 2.21. The smallest absolute Gasteiger partial charge is 0.347 e. The Morgan fingerprint density at radius 2 is 2.35 bits per heavy atom. The quantitative estimate of drug-likeness (QED) is 0.851. The third-order valence-electron chi connectivity index (χ3n) is 3.33. The topological polar surface area (TPSA) is 65.5 Å². The number of aromatic carboxylic acids is 1. The van der Waals surface area contributed by atoms with Gasteiger partial charge in [-0.3, -0.25) is 4.90 Å². The number of hydrogen-bond donors (Lipinski definition) is 2. The van der Waals surface area contributed by atoms with Crippen molar-refractivity contribution in [1.82, 2.24) is 9.88 Å². The lowest BCUT2D eigenvalue weighted by molar-refractivity contribution is 0.0702. The van der Waals surface area contributed by atoms with Crippen molar-refractivity contribution < 1.29 is 9.90 Å². The molecule has 0 bridgehead atoms. The largest absolute Gasteiger partial charge is 0.477 e. The van der Waals surface area contributed by atoms with Crippen LogP contribution >= 0.6 is 11.3 Å². The van der Waals surface area contributed by atoms with Crippen LogP contribution in [0, 0.1) is 0 Å². The molecule has 17 heavy (non-hydrogen) atoms. The Balaban J connectivity index is 1.57. The molecule has 1 saturated carbocycles. The Labute approximate surface area is 103 Å². The van der Waals surface area contributed by atoms with Crippen LogP contribution in [0.1, 0.15) is 28.9 Å². The first-order valence-electron chi connectivity index (χ1n) is 5.92. The molecule has 1 aromatic rings. The predicted octanol–water partition coefficient (Wildman–Crippen LogP) is 1.49. The van der Waals surface area contributed by atoms with E-state index in [0.29, 0.717) is 10.9 Å². The van der Waals surface area contributed by atoms with E-state index in [0.717, 1.165) is 30.7 Å². The van der Waals surface area contributed by atoms with Gasteiger partial charge in [0.25, 0.3) is 0 Å². The maximum Gasteiger partial charge on any atom is 0.347 e. The Hall–Kier alpha value is -1.14. The highest BCUT2D eigenvalue weighted by molar-refractivity contribution is 7.17. The van der Waals surface area contributed by atoms with E-state index in [-0.39, 0.29) is 0 Å². The standard InChI is InChI=1S/C11H15N3O2S/c15-10(16)9-5-12-11(17-9)13-7-3-4-14(6-7)8-1-2-8/h5,7-8H,1-4,6H2,(H,12,13)(H,15,16). The lowest BCUT2D eigenvalue weighted by Gasteiger charge is -2.15. The first-order chi connectivity index (χ1) is 8.22. The number of carboxylic acids is 1. The van der Waals surface area contributed by atoms with Crippen LogP contribution in [0.3, 0.4) is 0 Å². The van der Waals surface area contributed by atoms with E-state index in [1.54, 1.807) is 0 Å². The molecule has 2 aliphatic rings. The number of aromatic nitrogens is 1. The second-order valence-corrected chi connectivity index (χ2v) is 5.72. The van der Waals surface area contributed by atoms with Gasteiger partial charge in [-0.2, -0.15) is 0 Å². The fourth-order valence-electron chi connectivity index (χ4n) is 2.29. The molecule has 1 aliphatic carbocycles. The Kier molecular flexibility index (Phi) is 2.76. The van der Waals surface area contributed by atoms with Gasteiger partial charge < -0.3 is 10.4 Å². The summed E-state index contributed by atoms with van der Waals surface area (Å²) in [7, 11) is 0. The summed E-state index contributed by atoms with van der Waals surface area (Å²) < 4.78 is 0. The fourth-order valence-corrected chi connectivity index (χ4v) is 3.02. The van der Waals surface area contributed by atoms with Crippen molar-refractivity contribution in [3.63, 3.8) is 0 Å². The molecule has 0 radical (unpaired) electrons. The first-order valence-corrected chi connectivity index (χ1v) is 6.74. The molecule has 0 aromatic carbocycles. The molecule has 3 rings (SSSR count). The van der Waals surface area contributed by atoms with Crippen molar-refractivity contribution in [3.05, 3.63) is 11.1 Å². The predicted molar refractivity (Wildman–Crippen MR) is 65.7 cm³/mol. The average Bonchev–Trinajstić information content (AvgIpc) is 2.87. The second kappa shape index (κ2) is 4.27. The maximum absolute atomic E-state index is 10.7. The monoisotopic (exact) mass is 253 g/mol. The molecule has 2 N–H and O–H groups in total. The molecule has 2 fully saturated rings. The van der Waals surface area contributed by atoms with Gasteiger partial charge in [0.2, 0.25) is 0 Å². The summed E-state index contributed by atoms with van der Waals surface area (Å²) >= 11 is 1.21. The number of nitrogens with zero attached hydrogens (tertiary/aromatic N) is 2. The van der Waals surface area contributed by atoms with Gasteiger partial charge in [0.1, 0.15) is 4.88 Å². The van der Waals surface area contributed by atoms with Crippen LogP contribution in [0.4, 0.5) is 5.13 Å². The van der Waals surface area contributed by atoms with Gasteiger partial charge in [-0.15, -0.1) is 0 Å². The van der Waals surface area contributed by atoms with E-state index in [2.05, 4.69) is 15.2 Å². The van der Waals surface area contributed by atoms with Gasteiger partial charge in [0.05, 0.1) is 6.20 Å².